The molecule has 0 atom stereocenters. The van der Waals surface area contributed by atoms with Crippen LogP contribution in [0.4, 0.5) is 5.69 Å². The van der Waals surface area contributed by atoms with Gasteiger partial charge in [0.15, 0.2) is 5.75 Å². The molecule has 0 aliphatic heterocycles. The summed E-state index contributed by atoms with van der Waals surface area (Å²) in [5, 5.41) is 12.2. The number of carbonyl (C=O) groups is 2. The summed E-state index contributed by atoms with van der Waals surface area (Å²) in [6, 6.07) is 9.93. The van der Waals surface area contributed by atoms with Crippen LogP contribution in [0.25, 0.3) is 0 Å². The minimum atomic E-state index is -0.967. The molecule has 1 saturated carbocycles. The van der Waals surface area contributed by atoms with Gasteiger partial charge in [-0.15, -0.1) is 0 Å². The Bertz CT molecular complexity index is 809. The van der Waals surface area contributed by atoms with Gasteiger partial charge in [0.25, 0.3) is 0 Å². The Morgan fingerprint density at radius 1 is 1.12 bits per heavy atom. The Morgan fingerprint density at radius 3 is 2.23 bits per heavy atom. The summed E-state index contributed by atoms with van der Waals surface area (Å²) >= 11 is 12.3. The van der Waals surface area contributed by atoms with Gasteiger partial charge in [-0.3, -0.25) is 9.59 Å². The van der Waals surface area contributed by atoms with Crippen molar-refractivity contribution in [2.45, 2.75) is 25.7 Å². The molecule has 0 heterocycles. The highest BCUT2D eigenvalue weighted by Gasteiger charge is 2.25. The number of carboxylic acid groups (broad SMARTS) is 1. The van der Waals surface area contributed by atoms with Crippen LogP contribution < -0.4 is 10.1 Å². The maximum Gasteiger partial charge on any atom is 0.307 e. The number of carbonyl (C=O) groups excluding carboxylic acids is 1. The number of amides is 1. The van der Waals surface area contributed by atoms with E-state index in [9.17, 15) is 9.59 Å². The molecule has 0 spiro atoms. The zero-order valence-corrected chi connectivity index (χ0v) is 15.3. The molecule has 136 valence electrons. The maximum atomic E-state index is 11.9. The number of hydrogen-bond donors (Lipinski definition) is 2. The molecular weight excluding hydrogens is 377 g/mol. The largest absolute Gasteiger partial charge is 0.481 e. The molecule has 0 aromatic heterocycles. The van der Waals surface area contributed by atoms with Crippen LogP contribution in [0.5, 0.6) is 11.5 Å². The summed E-state index contributed by atoms with van der Waals surface area (Å²) in [5.41, 5.74) is 1.19. The first-order chi connectivity index (χ1) is 12.4. The Kier molecular flexibility index (Phi) is 5.69. The minimum Gasteiger partial charge on any atom is -0.481 e. The van der Waals surface area contributed by atoms with Crippen molar-refractivity contribution in [3.63, 3.8) is 0 Å². The van der Waals surface area contributed by atoms with Crippen LogP contribution in [0.1, 0.15) is 24.8 Å². The predicted molar refractivity (Wildman–Crippen MR) is 100 cm³/mol. The summed E-state index contributed by atoms with van der Waals surface area (Å²) < 4.78 is 5.72. The normalized spacial score (nSPS) is 13.8. The van der Waals surface area contributed by atoms with Crippen molar-refractivity contribution in [3.8, 4) is 11.5 Å². The third-order valence-electron chi connectivity index (χ3n) is 4.23. The maximum absolute atomic E-state index is 11.9. The van der Waals surface area contributed by atoms with Gasteiger partial charge in [0.05, 0.1) is 16.5 Å². The number of aliphatic carboxylic acids is 1. The number of benzene rings is 2. The molecule has 1 aliphatic rings. The first-order valence-corrected chi connectivity index (χ1v) is 8.96. The second-order valence-corrected chi connectivity index (χ2v) is 7.02. The van der Waals surface area contributed by atoms with Crippen LogP contribution in [0, 0.1) is 5.92 Å². The van der Waals surface area contributed by atoms with E-state index in [4.69, 9.17) is 33.0 Å². The van der Waals surface area contributed by atoms with Gasteiger partial charge in [-0.05, 0) is 54.8 Å². The van der Waals surface area contributed by atoms with E-state index in [2.05, 4.69) is 5.32 Å². The van der Waals surface area contributed by atoms with E-state index in [0.29, 0.717) is 17.0 Å². The second kappa shape index (κ2) is 7.98. The Morgan fingerprint density at radius 2 is 1.73 bits per heavy atom. The molecule has 3 rings (SSSR count). The molecule has 0 saturated heterocycles. The molecule has 2 aromatic rings. The average Bonchev–Trinajstić information content (AvgIpc) is 2.50. The summed E-state index contributed by atoms with van der Waals surface area (Å²) in [7, 11) is 0. The Balaban J connectivity index is 1.68. The lowest BCUT2D eigenvalue weighted by Gasteiger charge is -2.24. The van der Waals surface area contributed by atoms with E-state index in [1.165, 1.54) is 12.1 Å². The van der Waals surface area contributed by atoms with Crippen LogP contribution >= 0.6 is 23.2 Å². The highest BCUT2D eigenvalue weighted by atomic mass is 35.5. The SMILES string of the molecule is O=C(O)Cc1cc(Cl)c(Oc2ccc(NC(=O)C3CCC3)cc2)c(Cl)c1. The number of halogens is 2. The molecule has 1 aliphatic carbocycles. The van der Waals surface area contributed by atoms with Gasteiger partial charge in [-0.2, -0.15) is 0 Å². The Labute approximate surface area is 160 Å². The first kappa shape index (κ1) is 18.5. The monoisotopic (exact) mass is 393 g/mol. The topological polar surface area (TPSA) is 75.6 Å². The van der Waals surface area contributed by atoms with Gasteiger partial charge >= 0.3 is 5.97 Å². The third-order valence-corrected chi connectivity index (χ3v) is 4.79. The molecular formula is C19H17Cl2NO4. The minimum absolute atomic E-state index is 0.0463. The fourth-order valence-electron chi connectivity index (χ4n) is 2.63. The van der Waals surface area contributed by atoms with Crippen LogP contribution in [0.15, 0.2) is 36.4 Å². The molecule has 7 heteroatoms. The molecule has 0 unspecified atom stereocenters. The predicted octanol–water partition coefficient (Wildman–Crippen LogP) is 5.15. The molecule has 0 bridgehead atoms. The van der Waals surface area contributed by atoms with Crippen molar-refractivity contribution < 1.29 is 19.4 Å². The third kappa shape index (κ3) is 4.48. The van der Waals surface area contributed by atoms with E-state index in [-0.39, 0.29) is 34.0 Å². The van der Waals surface area contributed by atoms with E-state index < -0.39 is 5.97 Å². The zero-order chi connectivity index (χ0) is 18.7. The van der Waals surface area contributed by atoms with Gasteiger partial charge in [-0.25, -0.2) is 0 Å². The van der Waals surface area contributed by atoms with Crippen molar-refractivity contribution in [2.75, 3.05) is 5.32 Å². The summed E-state index contributed by atoms with van der Waals surface area (Å²) in [6.07, 6.45) is 2.83. The van der Waals surface area contributed by atoms with E-state index in [1.54, 1.807) is 24.3 Å². The lowest BCUT2D eigenvalue weighted by molar-refractivity contribution is -0.136. The second-order valence-electron chi connectivity index (χ2n) is 6.20. The lowest BCUT2D eigenvalue weighted by atomic mass is 9.85. The first-order valence-electron chi connectivity index (χ1n) is 8.21. The van der Waals surface area contributed by atoms with Gasteiger partial charge in [0, 0.05) is 11.6 Å². The Hall–Kier alpha value is -2.24. The smallest absolute Gasteiger partial charge is 0.307 e. The molecule has 26 heavy (non-hydrogen) atoms. The van der Waals surface area contributed by atoms with Crippen molar-refractivity contribution >= 4 is 40.8 Å². The lowest BCUT2D eigenvalue weighted by Crippen LogP contribution is -2.27. The van der Waals surface area contributed by atoms with Crippen molar-refractivity contribution in [1.29, 1.82) is 0 Å². The number of hydrogen-bond acceptors (Lipinski definition) is 3. The van der Waals surface area contributed by atoms with Gasteiger partial charge in [-0.1, -0.05) is 29.6 Å². The molecule has 1 amide bonds. The molecule has 0 radical (unpaired) electrons. The van der Waals surface area contributed by atoms with E-state index >= 15 is 0 Å². The summed E-state index contributed by atoms with van der Waals surface area (Å²) in [6.45, 7) is 0. The van der Waals surface area contributed by atoms with E-state index in [0.717, 1.165) is 19.3 Å². The number of rotatable bonds is 6. The van der Waals surface area contributed by atoms with Crippen LogP contribution in [0.2, 0.25) is 10.0 Å². The number of anilines is 1. The quantitative estimate of drug-likeness (QED) is 0.711. The van der Waals surface area contributed by atoms with Gasteiger partial charge < -0.3 is 15.2 Å². The van der Waals surface area contributed by atoms with E-state index in [1.807, 2.05) is 0 Å². The molecule has 5 nitrogen and oxygen atoms in total. The van der Waals surface area contributed by atoms with Gasteiger partial charge in [0.1, 0.15) is 5.75 Å². The fourth-order valence-corrected chi connectivity index (χ4v) is 3.23. The highest BCUT2D eigenvalue weighted by molar-refractivity contribution is 6.37. The van der Waals surface area contributed by atoms with Gasteiger partial charge in [0.2, 0.25) is 5.91 Å². The average molecular weight is 394 g/mol. The van der Waals surface area contributed by atoms with Crippen molar-refractivity contribution in [1.82, 2.24) is 0 Å². The highest BCUT2D eigenvalue weighted by Crippen LogP contribution is 2.38. The van der Waals surface area contributed by atoms with Crippen LogP contribution in [-0.2, 0) is 16.0 Å². The molecule has 2 N–H and O–H groups in total. The summed E-state index contributed by atoms with van der Waals surface area (Å²) in [4.78, 5) is 22.7. The molecule has 1 fully saturated rings. The van der Waals surface area contributed by atoms with Crippen LogP contribution in [0.3, 0.4) is 0 Å². The standard InChI is InChI=1S/C19H17Cl2NO4/c20-15-8-11(10-17(23)24)9-16(21)18(15)26-14-6-4-13(5-7-14)22-19(25)12-2-1-3-12/h4-9,12H,1-3,10H2,(H,22,25)(H,23,24). The number of ether oxygens (including phenoxy) is 1. The van der Waals surface area contributed by atoms with Crippen LogP contribution in [-0.4, -0.2) is 17.0 Å². The number of nitrogens with one attached hydrogen (secondary N) is 1. The van der Waals surface area contributed by atoms with Crippen molar-refractivity contribution in [2.24, 2.45) is 5.92 Å². The molecule has 2 aromatic carbocycles. The summed E-state index contributed by atoms with van der Waals surface area (Å²) in [5.74, 6) is -0.0432. The van der Waals surface area contributed by atoms with Crippen molar-refractivity contribution in [3.05, 3.63) is 52.0 Å². The zero-order valence-electron chi connectivity index (χ0n) is 13.8. The fraction of sp³-hybridized carbons (Fsp3) is 0.263. The number of carboxylic acids is 1.